The average molecular weight is 245 g/mol. The molecule has 1 saturated heterocycles. The predicted octanol–water partition coefficient (Wildman–Crippen LogP) is 1.55. The number of piperidine rings is 1. The van der Waals surface area contributed by atoms with Crippen molar-refractivity contribution in [2.24, 2.45) is 0 Å². The number of rotatable bonds is 3. The third kappa shape index (κ3) is 1.79. The molecule has 0 spiro atoms. The van der Waals surface area contributed by atoms with Crippen molar-refractivity contribution in [3.8, 4) is 0 Å². The number of aromatic nitrogens is 4. The van der Waals surface area contributed by atoms with Gasteiger partial charge in [-0.25, -0.2) is 4.98 Å². The van der Waals surface area contributed by atoms with Crippen molar-refractivity contribution in [2.45, 2.75) is 38.0 Å². The highest BCUT2D eigenvalue weighted by molar-refractivity contribution is 5.37. The largest absolute Gasteiger partial charge is 0.316 e. The molecule has 1 aliphatic heterocycles. The Morgan fingerprint density at radius 3 is 3.17 bits per heavy atom. The van der Waals surface area contributed by atoms with Crippen LogP contribution in [-0.2, 0) is 5.41 Å². The predicted molar refractivity (Wildman–Crippen MR) is 69.5 cm³/mol. The van der Waals surface area contributed by atoms with Gasteiger partial charge >= 0.3 is 0 Å². The van der Waals surface area contributed by atoms with Crippen LogP contribution in [0.1, 0.15) is 38.4 Å². The fourth-order valence-electron chi connectivity index (χ4n) is 3.07. The monoisotopic (exact) mass is 245 g/mol. The highest BCUT2D eigenvalue weighted by Crippen LogP contribution is 2.34. The molecule has 5 nitrogen and oxygen atoms in total. The van der Waals surface area contributed by atoms with Crippen molar-refractivity contribution >= 4 is 5.65 Å². The van der Waals surface area contributed by atoms with Gasteiger partial charge in [-0.1, -0.05) is 13.3 Å². The van der Waals surface area contributed by atoms with E-state index in [0.29, 0.717) is 0 Å². The number of fused-ring (bicyclic) bond motifs is 1. The molecule has 18 heavy (non-hydrogen) atoms. The van der Waals surface area contributed by atoms with Crippen LogP contribution < -0.4 is 5.32 Å². The van der Waals surface area contributed by atoms with Crippen molar-refractivity contribution in [1.82, 2.24) is 24.9 Å². The number of hydrogen-bond acceptors (Lipinski definition) is 4. The number of nitrogens with one attached hydrogen (secondary N) is 1. The zero-order valence-corrected chi connectivity index (χ0v) is 10.8. The van der Waals surface area contributed by atoms with Crippen molar-refractivity contribution in [2.75, 3.05) is 13.1 Å². The van der Waals surface area contributed by atoms with Gasteiger partial charge in [0.05, 0.1) is 0 Å². The smallest absolute Gasteiger partial charge is 0.163 e. The summed E-state index contributed by atoms with van der Waals surface area (Å²) < 4.78 is 2.04. The molecular formula is C13H19N5. The molecule has 5 heteroatoms. The summed E-state index contributed by atoms with van der Waals surface area (Å²) in [4.78, 5) is 4.19. The fourth-order valence-corrected chi connectivity index (χ4v) is 3.07. The molecule has 96 valence electrons. The van der Waals surface area contributed by atoms with Crippen LogP contribution in [0.4, 0.5) is 0 Å². The minimum Gasteiger partial charge on any atom is -0.316 e. The molecule has 1 aliphatic rings. The van der Waals surface area contributed by atoms with E-state index < -0.39 is 0 Å². The second-order valence-corrected chi connectivity index (χ2v) is 5.14. The SMILES string of the molecule is CCCC1(c2nnc3ccncn23)CCCNC1. The van der Waals surface area contributed by atoms with Crippen LogP contribution in [-0.4, -0.2) is 32.7 Å². The van der Waals surface area contributed by atoms with E-state index in [2.05, 4.69) is 27.4 Å². The molecule has 1 unspecified atom stereocenters. The Hall–Kier alpha value is -1.49. The second-order valence-electron chi connectivity index (χ2n) is 5.14. The maximum atomic E-state index is 4.44. The lowest BCUT2D eigenvalue weighted by Crippen LogP contribution is -2.44. The molecule has 2 aromatic heterocycles. The van der Waals surface area contributed by atoms with Gasteiger partial charge in [0.25, 0.3) is 0 Å². The summed E-state index contributed by atoms with van der Waals surface area (Å²) in [6.07, 6.45) is 8.29. The molecule has 0 bridgehead atoms. The van der Waals surface area contributed by atoms with Crippen LogP contribution in [0, 0.1) is 0 Å². The van der Waals surface area contributed by atoms with E-state index in [0.717, 1.165) is 37.4 Å². The Balaban J connectivity index is 2.08. The van der Waals surface area contributed by atoms with Crippen LogP contribution in [0.25, 0.3) is 5.65 Å². The van der Waals surface area contributed by atoms with E-state index in [1.807, 2.05) is 16.8 Å². The van der Waals surface area contributed by atoms with Crippen LogP contribution in [0.2, 0.25) is 0 Å². The molecule has 0 radical (unpaired) electrons. The molecule has 0 aliphatic carbocycles. The summed E-state index contributed by atoms with van der Waals surface area (Å²) in [7, 11) is 0. The highest BCUT2D eigenvalue weighted by Gasteiger charge is 2.37. The maximum Gasteiger partial charge on any atom is 0.163 e. The highest BCUT2D eigenvalue weighted by atomic mass is 15.3. The van der Waals surface area contributed by atoms with Gasteiger partial charge < -0.3 is 5.32 Å². The van der Waals surface area contributed by atoms with Crippen LogP contribution in [0.5, 0.6) is 0 Å². The van der Waals surface area contributed by atoms with Crippen LogP contribution >= 0.6 is 0 Å². The summed E-state index contributed by atoms with van der Waals surface area (Å²) in [6, 6.07) is 1.91. The Morgan fingerprint density at radius 1 is 1.44 bits per heavy atom. The Labute approximate surface area is 107 Å². The Bertz CT molecular complexity index is 521. The number of hydrogen-bond donors (Lipinski definition) is 1. The van der Waals surface area contributed by atoms with E-state index in [1.165, 1.54) is 12.8 Å². The molecule has 0 saturated carbocycles. The standard InChI is InChI=1S/C13H19N5/c1-2-5-13(6-3-7-14-9-13)12-17-16-11-4-8-15-10-18(11)12/h4,8,10,14H,2-3,5-7,9H2,1H3. The van der Waals surface area contributed by atoms with Gasteiger partial charge in [-0.05, 0) is 25.8 Å². The first-order chi connectivity index (χ1) is 8.86. The lowest BCUT2D eigenvalue weighted by Gasteiger charge is -2.36. The first-order valence-corrected chi connectivity index (χ1v) is 6.72. The second kappa shape index (κ2) is 4.65. The van der Waals surface area contributed by atoms with Gasteiger partial charge in [-0.15, -0.1) is 10.2 Å². The number of nitrogens with zero attached hydrogens (tertiary/aromatic N) is 4. The summed E-state index contributed by atoms with van der Waals surface area (Å²) in [5, 5.41) is 12.2. The summed E-state index contributed by atoms with van der Waals surface area (Å²) in [6.45, 7) is 4.34. The van der Waals surface area contributed by atoms with Gasteiger partial charge in [-0.3, -0.25) is 4.40 Å². The maximum absolute atomic E-state index is 4.44. The first-order valence-electron chi connectivity index (χ1n) is 6.72. The molecule has 1 atom stereocenters. The molecule has 3 rings (SSSR count). The summed E-state index contributed by atoms with van der Waals surface area (Å²) in [5.41, 5.74) is 1.01. The topological polar surface area (TPSA) is 55.1 Å². The normalized spacial score (nSPS) is 24.5. The zero-order chi connectivity index (χ0) is 12.4. The Morgan fingerprint density at radius 2 is 2.39 bits per heavy atom. The summed E-state index contributed by atoms with van der Waals surface area (Å²) >= 11 is 0. The fraction of sp³-hybridized carbons (Fsp3) is 0.615. The molecule has 1 N–H and O–H groups in total. The van der Waals surface area contributed by atoms with Gasteiger partial charge in [-0.2, -0.15) is 0 Å². The lowest BCUT2D eigenvalue weighted by atomic mass is 9.76. The van der Waals surface area contributed by atoms with Crippen molar-refractivity contribution < 1.29 is 0 Å². The molecule has 0 amide bonds. The van der Waals surface area contributed by atoms with E-state index >= 15 is 0 Å². The molecule has 1 fully saturated rings. The van der Waals surface area contributed by atoms with Crippen LogP contribution in [0.3, 0.4) is 0 Å². The Kier molecular flexibility index (Phi) is 2.99. The average Bonchev–Trinajstić information content (AvgIpc) is 2.84. The minimum absolute atomic E-state index is 0.120. The van der Waals surface area contributed by atoms with Crippen molar-refractivity contribution in [1.29, 1.82) is 0 Å². The van der Waals surface area contributed by atoms with Crippen molar-refractivity contribution in [3.05, 3.63) is 24.4 Å². The zero-order valence-electron chi connectivity index (χ0n) is 10.8. The van der Waals surface area contributed by atoms with E-state index in [-0.39, 0.29) is 5.41 Å². The van der Waals surface area contributed by atoms with E-state index in [4.69, 9.17) is 0 Å². The summed E-state index contributed by atoms with van der Waals surface area (Å²) in [5.74, 6) is 1.07. The molecule has 2 aromatic rings. The lowest BCUT2D eigenvalue weighted by molar-refractivity contribution is 0.273. The molecular weight excluding hydrogens is 226 g/mol. The molecule has 0 aromatic carbocycles. The minimum atomic E-state index is 0.120. The van der Waals surface area contributed by atoms with Gasteiger partial charge in [0.1, 0.15) is 12.2 Å². The van der Waals surface area contributed by atoms with Gasteiger partial charge in [0, 0.05) is 24.2 Å². The third-order valence-corrected chi connectivity index (χ3v) is 3.89. The third-order valence-electron chi connectivity index (χ3n) is 3.89. The molecule has 3 heterocycles. The van der Waals surface area contributed by atoms with Gasteiger partial charge in [0.2, 0.25) is 0 Å². The van der Waals surface area contributed by atoms with E-state index in [1.54, 1.807) is 6.20 Å². The van der Waals surface area contributed by atoms with E-state index in [9.17, 15) is 0 Å². The quantitative estimate of drug-likeness (QED) is 0.891. The van der Waals surface area contributed by atoms with Crippen molar-refractivity contribution in [3.63, 3.8) is 0 Å². The van der Waals surface area contributed by atoms with Gasteiger partial charge in [0.15, 0.2) is 5.65 Å². The first kappa shape index (κ1) is 11.6. The van der Waals surface area contributed by atoms with Crippen LogP contribution in [0.15, 0.2) is 18.6 Å².